The zero-order chi connectivity index (χ0) is 9.19. The molecule has 2 N–H and O–H groups in total. The molecule has 68 valence electrons. The van der Waals surface area contributed by atoms with Crippen LogP contribution in [0.5, 0.6) is 0 Å². The highest BCUT2D eigenvalue weighted by Crippen LogP contribution is 2.12. The maximum Gasteiger partial charge on any atom is 0.0731 e. The lowest BCUT2D eigenvalue weighted by molar-refractivity contribution is 0.234. The summed E-state index contributed by atoms with van der Waals surface area (Å²) in [7, 11) is 1.86. The molecule has 1 aromatic rings. The van der Waals surface area contributed by atoms with Gasteiger partial charge in [-0.2, -0.15) is 5.10 Å². The van der Waals surface area contributed by atoms with Gasteiger partial charge in [-0.1, -0.05) is 0 Å². The third-order valence-electron chi connectivity index (χ3n) is 1.58. The molecule has 0 radical (unpaired) electrons. The van der Waals surface area contributed by atoms with Crippen molar-refractivity contribution in [2.45, 2.75) is 19.4 Å². The van der Waals surface area contributed by atoms with Crippen LogP contribution < -0.4 is 5.32 Å². The molecule has 0 amide bonds. The van der Waals surface area contributed by atoms with Crippen LogP contribution in [0.4, 0.5) is 5.69 Å². The molecule has 0 atom stereocenters. The SMILES string of the molecule is Cn1cc(NC(C)(C)CO)cn1. The summed E-state index contributed by atoms with van der Waals surface area (Å²) in [5, 5.41) is 16.1. The lowest BCUT2D eigenvalue weighted by Crippen LogP contribution is -2.34. The van der Waals surface area contributed by atoms with Crippen molar-refractivity contribution in [3.63, 3.8) is 0 Å². The van der Waals surface area contributed by atoms with Gasteiger partial charge in [-0.3, -0.25) is 4.68 Å². The summed E-state index contributed by atoms with van der Waals surface area (Å²) < 4.78 is 1.72. The Bertz CT molecular complexity index is 255. The summed E-state index contributed by atoms with van der Waals surface area (Å²) in [6.07, 6.45) is 3.61. The van der Waals surface area contributed by atoms with E-state index >= 15 is 0 Å². The lowest BCUT2D eigenvalue weighted by Gasteiger charge is -2.23. The number of nitrogens with zero attached hydrogens (tertiary/aromatic N) is 2. The number of aromatic nitrogens is 2. The van der Waals surface area contributed by atoms with Crippen LogP contribution in [0.1, 0.15) is 13.8 Å². The monoisotopic (exact) mass is 169 g/mol. The van der Waals surface area contributed by atoms with E-state index in [2.05, 4.69) is 10.4 Å². The molecular formula is C8H15N3O. The van der Waals surface area contributed by atoms with Crippen LogP contribution in [-0.4, -0.2) is 27.0 Å². The zero-order valence-electron chi connectivity index (χ0n) is 7.70. The van der Waals surface area contributed by atoms with E-state index < -0.39 is 0 Å². The molecule has 0 bridgehead atoms. The average molecular weight is 169 g/mol. The molecule has 4 nitrogen and oxygen atoms in total. The van der Waals surface area contributed by atoms with Crippen LogP contribution in [0.15, 0.2) is 12.4 Å². The smallest absolute Gasteiger partial charge is 0.0731 e. The van der Waals surface area contributed by atoms with Crippen molar-refractivity contribution >= 4 is 5.69 Å². The Labute approximate surface area is 72.2 Å². The molecule has 1 rings (SSSR count). The van der Waals surface area contributed by atoms with Crippen LogP contribution in [0, 0.1) is 0 Å². The summed E-state index contributed by atoms with van der Waals surface area (Å²) >= 11 is 0. The standard InChI is InChI=1S/C8H15N3O/c1-8(2,6-12)10-7-4-9-11(3)5-7/h4-5,10,12H,6H2,1-3H3. The number of hydrogen-bond acceptors (Lipinski definition) is 3. The van der Waals surface area contributed by atoms with E-state index in [9.17, 15) is 0 Å². The normalized spacial score (nSPS) is 11.7. The van der Waals surface area contributed by atoms with Crippen molar-refractivity contribution in [2.24, 2.45) is 7.05 Å². The number of aliphatic hydroxyl groups excluding tert-OH is 1. The van der Waals surface area contributed by atoms with Crippen LogP contribution in [-0.2, 0) is 7.05 Å². The number of aryl methyl sites for hydroxylation is 1. The molecule has 1 heterocycles. The fraction of sp³-hybridized carbons (Fsp3) is 0.625. The Morgan fingerprint density at radius 2 is 2.33 bits per heavy atom. The highest BCUT2D eigenvalue weighted by Gasteiger charge is 2.15. The predicted octanol–water partition coefficient (Wildman–Crippen LogP) is 0.603. The first-order valence-corrected chi connectivity index (χ1v) is 3.91. The quantitative estimate of drug-likeness (QED) is 0.696. The number of nitrogens with one attached hydrogen (secondary N) is 1. The molecule has 0 unspecified atom stereocenters. The minimum Gasteiger partial charge on any atom is -0.394 e. The highest BCUT2D eigenvalue weighted by molar-refractivity contribution is 5.40. The number of anilines is 1. The lowest BCUT2D eigenvalue weighted by atomic mass is 10.1. The second-order valence-electron chi connectivity index (χ2n) is 3.57. The van der Waals surface area contributed by atoms with Crippen molar-refractivity contribution in [1.29, 1.82) is 0 Å². The minimum absolute atomic E-state index is 0.0991. The maximum atomic E-state index is 8.97. The molecule has 0 aliphatic carbocycles. The summed E-state index contributed by atoms with van der Waals surface area (Å²) in [5.41, 5.74) is 0.639. The van der Waals surface area contributed by atoms with E-state index in [0.717, 1.165) is 5.69 Å². The molecule has 1 aromatic heterocycles. The van der Waals surface area contributed by atoms with E-state index in [4.69, 9.17) is 5.11 Å². The van der Waals surface area contributed by atoms with Gasteiger partial charge in [0.2, 0.25) is 0 Å². The van der Waals surface area contributed by atoms with E-state index in [1.165, 1.54) is 0 Å². The average Bonchev–Trinajstić information content (AvgIpc) is 2.35. The Morgan fingerprint density at radius 3 is 2.75 bits per heavy atom. The third kappa shape index (κ3) is 2.23. The summed E-state index contributed by atoms with van der Waals surface area (Å²) in [6, 6.07) is 0. The Morgan fingerprint density at radius 1 is 1.67 bits per heavy atom. The number of aliphatic hydroxyl groups is 1. The fourth-order valence-electron chi connectivity index (χ4n) is 0.916. The van der Waals surface area contributed by atoms with E-state index in [-0.39, 0.29) is 12.1 Å². The van der Waals surface area contributed by atoms with Crippen molar-refractivity contribution < 1.29 is 5.11 Å². The van der Waals surface area contributed by atoms with Gasteiger partial charge in [0.05, 0.1) is 24.0 Å². The summed E-state index contributed by atoms with van der Waals surface area (Å²) in [4.78, 5) is 0. The predicted molar refractivity (Wildman–Crippen MR) is 48.0 cm³/mol. The Kier molecular flexibility index (Phi) is 2.38. The second kappa shape index (κ2) is 3.15. The summed E-state index contributed by atoms with van der Waals surface area (Å²) in [6.45, 7) is 3.96. The van der Waals surface area contributed by atoms with Gasteiger partial charge in [0, 0.05) is 13.2 Å². The Hall–Kier alpha value is -1.03. The van der Waals surface area contributed by atoms with Gasteiger partial charge < -0.3 is 10.4 Å². The molecule has 0 saturated carbocycles. The number of hydrogen-bond donors (Lipinski definition) is 2. The van der Waals surface area contributed by atoms with Crippen molar-refractivity contribution in [2.75, 3.05) is 11.9 Å². The molecule has 0 aliphatic heterocycles. The van der Waals surface area contributed by atoms with Gasteiger partial charge in [-0.25, -0.2) is 0 Å². The largest absolute Gasteiger partial charge is 0.394 e. The van der Waals surface area contributed by atoms with E-state index in [1.807, 2.05) is 27.1 Å². The number of rotatable bonds is 3. The van der Waals surface area contributed by atoms with Crippen molar-refractivity contribution in [1.82, 2.24) is 9.78 Å². The van der Waals surface area contributed by atoms with Crippen molar-refractivity contribution in [3.05, 3.63) is 12.4 Å². The highest BCUT2D eigenvalue weighted by atomic mass is 16.3. The van der Waals surface area contributed by atoms with E-state index in [1.54, 1.807) is 10.9 Å². The molecule has 4 heteroatoms. The fourth-order valence-corrected chi connectivity index (χ4v) is 0.916. The minimum atomic E-state index is -0.289. The summed E-state index contributed by atoms with van der Waals surface area (Å²) in [5.74, 6) is 0. The van der Waals surface area contributed by atoms with Gasteiger partial charge >= 0.3 is 0 Å². The molecule has 0 aromatic carbocycles. The zero-order valence-corrected chi connectivity index (χ0v) is 7.70. The molecular weight excluding hydrogens is 154 g/mol. The first-order valence-electron chi connectivity index (χ1n) is 3.91. The van der Waals surface area contributed by atoms with Crippen LogP contribution in [0.3, 0.4) is 0 Å². The van der Waals surface area contributed by atoms with Crippen LogP contribution >= 0.6 is 0 Å². The Balaban J connectivity index is 2.63. The topological polar surface area (TPSA) is 50.1 Å². The van der Waals surface area contributed by atoms with Gasteiger partial charge in [-0.15, -0.1) is 0 Å². The van der Waals surface area contributed by atoms with Crippen LogP contribution in [0.2, 0.25) is 0 Å². The van der Waals surface area contributed by atoms with Crippen LogP contribution in [0.25, 0.3) is 0 Å². The van der Waals surface area contributed by atoms with Gasteiger partial charge in [0.25, 0.3) is 0 Å². The maximum absolute atomic E-state index is 8.97. The third-order valence-corrected chi connectivity index (χ3v) is 1.58. The van der Waals surface area contributed by atoms with Gasteiger partial charge in [-0.05, 0) is 13.8 Å². The van der Waals surface area contributed by atoms with Gasteiger partial charge in [0.15, 0.2) is 0 Å². The molecule has 0 spiro atoms. The first kappa shape index (κ1) is 9.06. The molecule has 12 heavy (non-hydrogen) atoms. The molecule has 0 aliphatic rings. The first-order chi connectivity index (χ1) is 5.53. The second-order valence-corrected chi connectivity index (χ2v) is 3.57. The molecule has 0 fully saturated rings. The molecule has 0 saturated heterocycles. The van der Waals surface area contributed by atoms with E-state index in [0.29, 0.717) is 0 Å². The van der Waals surface area contributed by atoms with Gasteiger partial charge in [0.1, 0.15) is 0 Å². The van der Waals surface area contributed by atoms with Crippen molar-refractivity contribution in [3.8, 4) is 0 Å².